The molecule has 0 radical (unpaired) electrons. The molecule has 0 saturated heterocycles. The van der Waals surface area contributed by atoms with Gasteiger partial charge in [0.15, 0.2) is 0 Å². The van der Waals surface area contributed by atoms with E-state index in [0.29, 0.717) is 0 Å². The van der Waals surface area contributed by atoms with Gasteiger partial charge in [0.1, 0.15) is 0 Å². The van der Waals surface area contributed by atoms with Crippen molar-refractivity contribution < 1.29 is 0 Å². The molecule has 0 spiro atoms. The van der Waals surface area contributed by atoms with Crippen LogP contribution in [-0.4, -0.2) is 21.6 Å². The summed E-state index contributed by atoms with van der Waals surface area (Å²) in [6.07, 6.45) is 0. The van der Waals surface area contributed by atoms with Crippen molar-refractivity contribution in [1.82, 2.24) is 0 Å². The summed E-state index contributed by atoms with van der Waals surface area (Å²) in [6.45, 7) is 2.26. The molecule has 0 heterocycles. The van der Waals surface area contributed by atoms with Gasteiger partial charge >= 0.3 is 37.8 Å². The molecule has 4 heavy (non-hydrogen) atoms. The molecule has 0 amide bonds. The van der Waals surface area contributed by atoms with Gasteiger partial charge in [0, 0.05) is 0 Å². The van der Waals surface area contributed by atoms with E-state index >= 15 is 0 Å². The van der Waals surface area contributed by atoms with Gasteiger partial charge in [-0.15, -0.1) is 0 Å². The van der Waals surface area contributed by atoms with Crippen molar-refractivity contribution in [3.63, 3.8) is 0 Å². The van der Waals surface area contributed by atoms with Crippen LogP contribution in [0.5, 0.6) is 0 Å². The van der Waals surface area contributed by atoms with Gasteiger partial charge in [-0.1, -0.05) is 0 Å². The van der Waals surface area contributed by atoms with Crippen molar-refractivity contribution in [3.05, 3.63) is 0 Å². The molecule has 0 aromatic heterocycles. The van der Waals surface area contributed by atoms with Crippen LogP contribution in [0.4, 0.5) is 0 Å². The van der Waals surface area contributed by atoms with Gasteiger partial charge in [0.05, 0.1) is 0 Å². The van der Waals surface area contributed by atoms with Crippen molar-refractivity contribution in [2.24, 2.45) is 0 Å². The first-order valence-corrected chi connectivity index (χ1v) is 6.43. The molecule has 0 saturated carbocycles. The van der Waals surface area contributed by atoms with E-state index in [1.807, 2.05) is 0 Å². The molecule has 0 atom stereocenters. The summed E-state index contributed by atoms with van der Waals surface area (Å²) in [6, 6.07) is 0. The molecular formula is C3H9Sb. The minimum atomic E-state index is 0.224. The predicted molar refractivity (Wildman–Crippen MR) is 23.5 cm³/mol. The van der Waals surface area contributed by atoms with Crippen molar-refractivity contribution in [2.75, 3.05) is 0 Å². The summed E-state index contributed by atoms with van der Waals surface area (Å²) in [5.74, 6) is 0. The van der Waals surface area contributed by atoms with Gasteiger partial charge in [-0.3, -0.25) is 0 Å². The summed E-state index contributed by atoms with van der Waals surface area (Å²) in [4.78, 5) is 2.35. The quantitative estimate of drug-likeness (QED) is 0.509. The zero-order valence-electron chi connectivity index (χ0n) is 3.21. The van der Waals surface area contributed by atoms with E-state index < -0.39 is 0 Å². The predicted octanol–water partition coefficient (Wildman–Crippen LogP) is 0.909. The maximum atomic E-state index is 2.35. The van der Waals surface area contributed by atoms with Crippen LogP contribution in [0.25, 0.3) is 0 Å². The summed E-state index contributed by atoms with van der Waals surface area (Å²) in [5, 5.41) is 0. The van der Waals surface area contributed by atoms with Gasteiger partial charge in [-0.25, -0.2) is 0 Å². The van der Waals surface area contributed by atoms with E-state index in [1.165, 1.54) is 4.37 Å². The molecule has 0 bridgehead atoms. The van der Waals surface area contributed by atoms with E-state index in [-0.39, 0.29) is 21.6 Å². The number of hydrogen-bond donors (Lipinski definition) is 0. The minimum absolute atomic E-state index is 0.224. The van der Waals surface area contributed by atoms with Crippen LogP contribution < -0.4 is 0 Å². The molecule has 0 fully saturated rings. The summed E-state index contributed by atoms with van der Waals surface area (Å²) in [5.41, 5.74) is 0. The third kappa shape index (κ3) is 2.82. The second-order valence-electron chi connectivity index (χ2n) is 0.707. The zero-order valence-corrected chi connectivity index (χ0v) is 6.06. The summed E-state index contributed by atoms with van der Waals surface area (Å²) >= 11 is 0.224. The Morgan fingerprint density at radius 2 is 2.00 bits per heavy atom. The van der Waals surface area contributed by atoms with Crippen molar-refractivity contribution in [1.29, 1.82) is 0 Å². The molecule has 0 aliphatic carbocycles. The van der Waals surface area contributed by atoms with Crippen LogP contribution in [0.3, 0.4) is 0 Å². The molecule has 0 unspecified atom stereocenters. The van der Waals surface area contributed by atoms with Crippen LogP contribution in [0.1, 0.15) is 6.92 Å². The fourth-order valence-corrected chi connectivity index (χ4v) is 0. The first-order valence-electron chi connectivity index (χ1n) is 1.56. The van der Waals surface area contributed by atoms with E-state index in [4.69, 9.17) is 0 Å². The molecule has 0 aliphatic heterocycles. The third-order valence-electron chi connectivity index (χ3n) is 0.354. The van der Waals surface area contributed by atoms with Gasteiger partial charge in [-0.05, 0) is 0 Å². The van der Waals surface area contributed by atoms with Crippen LogP contribution in [0.2, 0.25) is 9.24 Å². The standard InChI is InChI=1S/C2H5.CH3.Sb.H/c1-2;;;/h1H2,2H3;1H3;;. The Balaban J connectivity index is 1.97. The molecule has 0 rings (SSSR count). The van der Waals surface area contributed by atoms with Gasteiger partial charge < -0.3 is 0 Å². The third-order valence-corrected chi connectivity index (χ3v) is 2.37. The van der Waals surface area contributed by atoms with E-state index in [0.717, 1.165) is 0 Å². The summed E-state index contributed by atoms with van der Waals surface area (Å²) < 4.78 is 1.49. The van der Waals surface area contributed by atoms with E-state index in [2.05, 4.69) is 11.8 Å². The second kappa shape index (κ2) is 3.82. The van der Waals surface area contributed by atoms with Gasteiger partial charge in [-0.2, -0.15) is 0 Å². The molecule has 0 aliphatic rings. The Bertz CT molecular complexity index is 5.25. The fourth-order valence-electron chi connectivity index (χ4n) is 0. The van der Waals surface area contributed by atoms with Crippen LogP contribution in [0, 0.1) is 0 Å². The molecule has 1 heteroatoms. The molecular weight excluding hydrogens is 158 g/mol. The molecule has 0 N–H and O–H groups in total. The topological polar surface area (TPSA) is 0 Å². The van der Waals surface area contributed by atoms with Gasteiger partial charge in [0.25, 0.3) is 0 Å². The fraction of sp³-hybridized carbons (Fsp3) is 1.00. The monoisotopic (exact) mass is 166 g/mol. The molecule has 0 nitrogen and oxygen atoms in total. The van der Waals surface area contributed by atoms with E-state index in [9.17, 15) is 0 Å². The first-order chi connectivity index (χ1) is 1.91. The van der Waals surface area contributed by atoms with Crippen LogP contribution >= 0.6 is 0 Å². The second-order valence-corrected chi connectivity index (χ2v) is 4.74. The average molecular weight is 167 g/mol. The Morgan fingerprint density at radius 1 is 1.75 bits per heavy atom. The Kier molecular flexibility index (Phi) is 4.60. The Labute approximate surface area is 38.1 Å². The van der Waals surface area contributed by atoms with Gasteiger partial charge in [0.2, 0.25) is 0 Å². The van der Waals surface area contributed by atoms with Crippen LogP contribution in [-0.2, 0) is 0 Å². The Hall–Kier alpha value is 0.818. The zero-order chi connectivity index (χ0) is 3.41. The summed E-state index contributed by atoms with van der Waals surface area (Å²) in [7, 11) is 0. The average Bonchev–Trinajstić information content (AvgIpc) is 1.37. The van der Waals surface area contributed by atoms with Crippen molar-refractivity contribution in [3.8, 4) is 0 Å². The normalized spacial score (nSPS) is 7.50. The van der Waals surface area contributed by atoms with Crippen molar-refractivity contribution >= 4 is 21.6 Å². The Morgan fingerprint density at radius 3 is 2.00 bits per heavy atom. The number of hydrogen-bond acceptors (Lipinski definition) is 0. The molecule has 0 aromatic rings. The van der Waals surface area contributed by atoms with Crippen molar-refractivity contribution in [2.45, 2.75) is 16.2 Å². The SMILES string of the molecule is C[CH2][SbH][CH3]. The molecule has 26 valence electrons. The van der Waals surface area contributed by atoms with E-state index in [1.54, 1.807) is 0 Å². The number of rotatable bonds is 1. The molecule has 0 aromatic carbocycles. The van der Waals surface area contributed by atoms with Crippen LogP contribution in [0.15, 0.2) is 0 Å². The first kappa shape index (κ1) is 4.82. The maximum absolute atomic E-state index is 2.35.